The third-order valence-electron chi connectivity index (χ3n) is 9.15. The van der Waals surface area contributed by atoms with Gasteiger partial charge in [0.15, 0.2) is 13.2 Å². The molecule has 0 saturated heterocycles. The molecular weight excluding hydrogens is 947 g/mol. The standard InChI is InChI=1S/C25H28ClF3N6O2.C19H15ClF3N5O3/c1-4-24(2,3)14-32-22(36)17-7-10-19(31-13-17)33-21-11-20(30-12-16-5-8-18(26)9-6-16)34-23(35-21)37-15-25(27,28)29;20-13-4-1-11(2-5-13)8-24-15-7-16(28-18(27-15)31-10-19(21,22)23)26-14-6-3-12(9-25-14)17(29)30/h5-11,13H,4,12,14-15H2,1-3H3,(H,32,36)(H2,30,31,33,34,35);1-7,9H,8,10H2,(H,29,30)(H2,24,25,26,27,28). The molecule has 0 saturated carbocycles. The van der Waals surface area contributed by atoms with E-state index in [2.05, 4.69) is 82.0 Å². The van der Waals surface area contributed by atoms with Crippen LogP contribution in [0.5, 0.6) is 12.0 Å². The molecule has 68 heavy (non-hydrogen) atoms. The molecule has 0 aliphatic carbocycles. The van der Waals surface area contributed by atoms with Crippen LogP contribution in [0.3, 0.4) is 0 Å². The summed E-state index contributed by atoms with van der Waals surface area (Å²) in [5.41, 5.74) is 2.07. The van der Waals surface area contributed by atoms with Crippen LogP contribution in [-0.4, -0.2) is 79.0 Å². The number of carbonyl (C=O) groups is 2. The van der Waals surface area contributed by atoms with Crippen LogP contribution in [0.25, 0.3) is 0 Å². The van der Waals surface area contributed by atoms with Crippen molar-refractivity contribution in [3.05, 3.63) is 130 Å². The second-order valence-corrected chi connectivity index (χ2v) is 16.1. The van der Waals surface area contributed by atoms with Crippen LogP contribution in [0, 0.1) is 5.41 Å². The Balaban J connectivity index is 0.000000258. The van der Waals surface area contributed by atoms with Gasteiger partial charge in [0.05, 0.1) is 11.1 Å². The van der Waals surface area contributed by atoms with Crippen LogP contribution in [-0.2, 0) is 13.1 Å². The van der Waals surface area contributed by atoms with E-state index in [0.717, 1.165) is 23.7 Å². The highest BCUT2D eigenvalue weighted by atomic mass is 35.5. The number of rotatable bonds is 19. The summed E-state index contributed by atoms with van der Waals surface area (Å²) in [7, 11) is 0. The molecule has 6 rings (SSSR count). The molecule has 0 unspecified atom stereocenters. The Morgan fingerprint density at radius 3 is 1.38 bits per heavy atom. The van der Waals surface area contributed by atoms with Gasteiger partial charge in [-0.25, -0.2) is 14.8 Å². The summed E-state index contributed by atoms with van der Waals surface area (Å²) in [6, 6.07) is 21.9. The fourth-order valence-electron chi connectivity index (χ4n) is 5.18. The van der Waals surface area contributed by atoms with Crippen molar-refractivity contribution in [3.63, 3.8) is 0 Å². The third-order valence-corrected chi connectivity index (χ3v) is 9.65. The van der Waals surface area contributed by atoms with Gasteiger partial charge in [0.2, 0.25) is 0 Å². The number of nitrogens with one attached hydrogen (secondary N) is 5. The fourth-order valence-corrected chi connectivity index (χ4v) is 5.43. The van der Waals surface area contributed by atoms with Gasteiger partial charge in [-0.15, -0.1) is 0 Å². The van der Waals surface area contributed by atoms with Crippen LogP contribution < -0.4 is 36.1 Å². The number of carbonyl (C=O) groups excluding carboxylic acids is 1. The van der Waals surface area contributed by atoms with E-state index in [4.69, 9.17) is 33.0 Å². The molecule has 2 aromatic carbocycles. The number of benzene rings is 2. The first-order valence-electron chi connectivity index (χ1n) is 20.2. The average molecular weight is 991 g/mol. The molecule has 0 atom stereocenters. The van der Waals surface area contributed by atoms with Crippen molar-refractivity contribution in [2.45, 2.75) is 52.6 Å². The molecule has 0 aliphatic rings. The van der Waals surface area contributed by atoms with Gasteiger partial charge in [0, 0.05) is 54.2 Å². The maximum Gasteiger partial charge on any atom is 0.422 e. The van der Waals surface area contributed by atoms with Crippen molar-refractivity contribution in [3.8, 4) is 12.0 Å². The summed E-state index contributed by atoms with van der Waals surface area (Å²) < 4.78 is 85.0. The monoisotopic (exact) mass is 989 g/mol. The fraction of sp³-hybridized carbons (Fsp3) is 0.273. The Labute approximate surface area is 395 Å². The number of amides is 1. The summed E-state index contributed by atoms with van der Waals surface area (Å²) in [6.45, 7) is 4.26. The molecule has 1 amide bonds. The second-order valence-electron chi connectivity index (χ2n) is 15.2. The number of carboxylic acids is 1. The van der Waals surface area contributed by atoms with E-state index in [0.29, 0.717) is 41.1 Å². The van der Waals surface area contributed by atoms with Gasteiger partial charge in [0.1, 0.15) is 34.9 Å². The molecule has 24 heteroatoms. The average Bonchev–Trinajstić information content (AvgIpc) is 3.29. The van der Waals surface area contributed by atoms with Crippen LogP contribution >= 0.6 is 23.2 Å². The number of aromatic carboxylic acids is 1. The van der Waals surface area contributed by atoms with Crippen molar-refractivity contribution in [2.24, 2.45) is 5.41 Å². The Hall–Kier alpha value is -7.20. The molecule has 4 heterocycles. The third kappa shape index (κ3) is 18.2. The van der Waals surface area contributed by atoms with Crippen molar-refractivity contribution in [2.75, 3.05) is 41.0 Å². The summed E-state index contributed by atoms with van der Waals surface area (Å²) in [5.74, 6) is -0.145. The number of alkyl halides is 6. The van der Waals surface area contributed by atoms with E-state index in [1.165, 1.54) is 30.5 Å². The van der Waals surface area contributed by atoms with Crippen molar-refractivity contribution in [1.29, 1.82) is 0 Å². The number of pyridine rings is 2. The van der Waals surface area contributed by atoms with Gasteiger partial charge in [-0.1, -0.05) is 68.2 Å². The van der Waals surface area contributed by atoms with Crippen molar-refractivity contribution < 1.29 is 50.5 Å². The lowest BCUT2D eigenvalue weighted by molar-refractivity contribution is -0.155. The first-order valence-corrected chi connectivity index (χ1v) is 21.0. The highest BCUT2D eigenvalue weighted by Gasteiger charge is 2.30. The zero-order valence-electron chi connectivity index (χ0n) is 36.3. The number of halogens is 8. The maximum atomic E-state index is 12.7. The molecule has 360 valence electrons. The van der Waals surface area contributed by atoms with E-state index >= 15 is 0 Å². The van der Waals surface area contributed by atoms with Crippen molar-refractivity contribution in [1.82, 2.24) is 35.2 Å². The predicted molar refractivity (Wildman–Crippen MR) is 243 cm³/mol. The highest BCUT2D eigenvalue weighted by molar-refractivity contribution is 6.30. The number of anilines is 6. The lowest BCUT2D eigenvalue weighted by Gasteiger charge is -2.22. The molecule has 0 bridgehead atoms. The molecule has 0 fully saturated rings. The van der Waals surface area contributed by atoms with Gasteiger partial charge in [-0.3, -0.25) is 4.79 Å². The Morgan fingerprint density at radius 1 is 0.603 bits per heavy atom. The molecule has 0 aliphatic heterocycles. The first kappa shape index (κ1) is 51.8. The predicted octanol–water partition coefficient (Wildman–Crippen LogP) is 10.5. The van der Waals surface area contributed by atoms with E-state index in [9.17, 15) is 35.9 Å². The quantitative estimate of drug-likeness (QED) is 0.0417. The molecule has 16 nitrogen and oxygen atoms in total. The largest absolute Gasteiger partial charge is 0.478 e. The Kier molecular flexibility index (Phi) is 17.9. The molecule has 0 spiro atoms. The van der Waals surface area contributed by atoms with E-state index in [1.54, 1.807) is 48.5 Å². The maximum absolute atomic E-state index is 12.7. The molecular formula is C44H43Cl2F6N11O5. The van der Waals surface area contributed by atoms with Crippen LogP contribution in [0.15, 0.2) is 97.3 Å². The molecule has 6 aromatic rings. The highest BCUT2D eigenvalue weighted by Crippen LogP contribution is 2.25. The van der Waals surface area contributed by atoms with Crippen LogP contribution in [0.2, 0.25) is 10.0 Å². The van der Waals surface area contributed by atoms with E-state index in [1.807, 2.05) is 12.1 Å². The van der Waals surface area contributed by atoms with Gasteiger partial charge in [-0.05, 0) is 71.5 Å². The molecule has 6 N–H and O–H groups in total. The van der Waals surface area contributed by atoms with Gasteiger partial charge in [0.25, 0.3) is 5.91 Å². The smallest absolute Gasteiger partial charge is 0.422 e. The number of nitrogens with zero attached hydrogens (tertiary/aromatic N) is 6. The van der Waals surface area contributed by atoms with Crippen molar-refractivity contribution >= 4 is 70.0 Å². The van der Waals surface area contributed by atoms with E-state index in [-0.39, 0.29) is 46.0 Å². The Morgan fingerprint density at radius 2 is 1.01 bits per heavy atom. The number of carboxylic acid groups (broad SMARTS) is 1. The first-order chi connectivity index (χ1) is 32.1. The lowest BCUT2D eigenvalue weighted by atomic mass is 9.90. The zero-order valence-corrected chi connectivity index (χ0v) is 37.8. The number of aromatic nitrogens is 6. The topological polar surface area (TPSA) is 210 Å². The van der Waals surface area contributed by atoms with Crippen LogP contribution in [0.1, 0.15) is 59.0 Å². The summed E-state index contributed by atoms with van der Waals surface area (Å²) in [4.78, 5) is 47.3. The van der Waals surface area contributed by atoms with Gasteiger partial charge >= 0.3 is 30.3 Å². The van der Waals surface area contributed by atoms with Crippen LogP contribution in [0.4, 0.5) is 61.2 Å². The minimum atomic E-state index is -4.56. The number of hydrogen-bond donors (Lipinski definition) is 6. The normalized spacial score (nSPS) is 11.4. The zero-order chi connectivity index (χ0) is 49.5. The summed E-state index contributed by atoms with van der Waals surface area (Å²) in [5, 5.41) is 24.7. The second kappa shape index (κ2) is 23.5. The molecule has 0 radical (unpaired) electrons. The summed E-state index contributed by atoms with van der Waals surface area (Å²) >= 11 is 11.7. The van der Waals surface area contributed by atoms with Gasteiger partial charge < -0.3 is 41.2 Å². The number of hydrogen-bond acceptors (Lipinski definition) is 14. The van der Waals surface area contributed by atoms with E-state index < -0.39 is 43.6 Å². The Bertz CT molecular complexity index is 2590. The minimum absolute atomic E-state index is 0.0206. The summed E-state index contributed by atoms with van der Waals surface area (Å²) in [6.07, 6.45) is -5.66. The lowest BCUT2D eigenvalue weighted by Crippen LogP contribution is -2.33. The molecule has 4 aromatic heterocycles. The SMILES string of the molecule is CCC(C)(C)CNC(=O)c1ccc(Nc2cc(NCc3ccc(Cl)cc3)nc(OCC(F)(F)F)n2)nc1.O=C(O)c1ccc(Nc2cc(NCc3ccc(Cl)cc3)nc(OCC(F)(F)F)n2)nc1. The number of ether oxygens (including phenoxy) is 2. The minimum Gasteiger partial charge on any atom is -0.478 e. The van der Waals surface area contributed by atoms with Gasteiger partial charge in [-0.2, -0.15) is 46.3 Å².